The summed E-state index contributed by atoms with van der Waals surface area (Å²) in [6.07, 6.45) is 2.75. The lowest BCUT2D eigenvalue weighted by Gasteiger charge is -2.21. The largest absolute Gasteiger partial charge is 0.442 e. The van der Waals surface area contributed by atoms with E-state index in [1.165, 1.54) is 11.0 Å². The number of aryl methyl sites for hydroxylation is 2. The lowest BCUT2D eigenvalue weighted by molar-refractivity contribution is -0.389. The molecule has 11 nitrogen and oxygen atoms in total. The molecule has 0 aliphatic carbocycles. The molecule has 0 saturated heterocycles. The van der Waals surface area contributed by atoms with Gasteiger partial charge < -0.3 is 19.6 Å². The van der Waals surface area contributed by atoms with Crippen molar-refractivity contribution in [2.75, 3.05) is 6.61 Å². The topological polar surface area (TPSA) is 123 Å². The van der Waals surface area contributed by atoms with E-state index in [9.17, 15) is 10.1 Å². The maximum Gasteiger partial charge on any atom is 0.414 e. The number of nitrogens with zero attached hydrogens (tertiary/aromatic N) is 7. The van der Waals surface area contributed by atoms with E-state index in [1.807, 2.05) is 0 Å². The third-order valence-electron chi connectivity index (χ3n) is 3.24. The van der Waals surface area contributed by atoms with Crippen molar-refractivity contribution in [1.82, 2.24) is 29.8 Å². The Bertz CT molecular complexity index is 667. The minimum Gasteiger partial charge on any atom is -0.442 e. The molecular formula is C11H15N7O4. The predicted octanol–water partition coefficient (Wildman–Crippen LogP) is 0.0728. The van der Waals surface area contributed by atoms with Crippen molar-refractivity contribution in [3.05, 3.63) is 22.1 Å². The molecule has 0 bridgehead atoms. The van der Waals surface area contributed by atoms with E-state index in [1.54, 1.807) is 11.6 Å². The first-order valence-electron chi connectivity index (χ1n) is 6.80. The Morgan fingerprint density at radius 1 is 1.59 bits per heavy atom. The zero-order valence-electron chi connectivity index (χ0n) is 12.0. The van der Waals surface area contributed by atoms with Gasteiger partial charge in [0.2, 0.25) is 0 Å². The second-order valence-electron chi connectivity index (χ2n) is 4.90. The fraction of sp³-hybridized carbons (Fsp3) is 0.636. The molecule has 22 heavy (non-hydrogen) atoms. The van der Waals surface area contributed by atoms with E-state index in [4.69, 9.17) is 9.47 Å². The van der Waals surface area contributed by atoms with Gasteiger partial charge in [0.25, 0.3) is 0 Å². The van der Waals surface area contributed by atoms with Crippen LogP contribution in [0.25, 0.3) is 0 Å². The summed E-state index contributed by atoms with van der Waals surface area (Å²) in [7, 11) is 1.69. The van der Waals surface area contributed by atoms with Crippen LogP contribution in [0.15, 0.2) is 6.20 Å². The highest BCUT2D eigenvalue weighted by molar-refractivity contribution is 5.21. The number of imidazole rings is 1. The molecular weight excluding hydrogens is 294 g/mol. The van der Waals surface area contributed by atoms with E-state index in [0.717, 1.165) is 6.42 Å². The van der Waals surface area contributed by atoms with E-state index < -0.39 is 4.92 Å². The van der Waals surface area contributed by atoms with E-state index in [0.29, 0.717) is 38.0 Å². The molecule has 0 radical (unpaired) electrons. The molecule has 0 N–H and O–H groups in total. The summed E-state index contributed by atoms with van der Waals surface area (Å²) in [5.74, 6) is 0.332. The lowest BCUT2D eigenvalue weighted by atomic mass is 10.2. The summed E-state index contributed by atoms with van der Waals surface area (Å²) >= 11 is 0. The van der Waals surface area contributed by atoms with Gasteiger partial charge in [-0.2, -0.15) is 4.80 Å². The quantitative estimate of drug-likeness (QED) is 0.417. The molecule has 1 aliphatic rings. The van der Waals surface area contributed by atoms with Crippen LogP contribution in [-0.4, -0.2) is 47.4 Å². The first kappa shape index (κ1) is 14.4. The van der Waals surface area contributed by atoms with Crippen LogP contribution in [-0.2, 0) is 24.9 Å². The van der Waals surface area contributed by atoms with Gasteiger partial charge >= 0.3 is 11.8 Å². The van der Waals surface area contributed by atoms with Gasteiger partial charge in [0.15, 0.2) is 5.82 Å². The van der Waals surface area contributed by atoms with E-state index >= 15 is 0 Å². The van der Waals surface area contributed by atoms with Gasteiger partial charge in [0, 0.05) is 24.4 Å². The molecule has 1 aliphatic heterocycles. The van der Waals surface area contributed by atoms with Crippen LogP contribution >= 0.6 is 0 Å². The second kappa shape index (κ2) is 6.05. The third kappa shape index (κ3) is 3.19. The Hall–Kier alpha value is -2.56. The van der Waals surface area contributed by atoms with Crippen LogP contribution in [0.2, 0.25) is 0 Å². The highest BCUT2D eigenvalue weighted by Crippen LogP contribution is 2.25. The number of hydrogen-bond acceptors (Lipinski definition) is 8. The number of hydrogen-bond donors (Lipinski definition) is 0. The maximum absolute atomic E-state index is 10.7. The minimum atomic E-state index is -0.527. The normalized spacial score (nSPS) is 17.0. The van der Waals surface area contributed by atoms with Crippen molar-refractivity contribution in [2.45, 2.75) is 32.1 Å². The molecule has 0 amide bonds. The van der Waals surface area contributed by atoms with Crippen molar-refractivity contribution in [2.24, 2.45) is 7.05 Å². The van der Waals surface area contributed by atoms with Crippen LogP contribution in [0.4, 0.5) is 5.82 Å². The summed E-state index contributed by atoms with van der Waals surface area (Å²) < 4.78 is 12.8. The monoisotopic (exact) mass is 309 g/mol. The average Bonchev–Trinajstić information content (AvgIpc) is 3.09. The number of nitro groups is 1. The molecule has 0 unspecified atom stereocenters. The molecule has 0 spiro atoms. The van der Waals surface area contributed by atoms with Gasteiger partial charge in [0.1, 0.15) is 18.9 Å². The number of rotatable bonds is 6. The van der Waals surface area contributed by atoms with Crippen molar-refractivity contribution >= 4 is 5.82 Å². The van der Waals surface area contributed by atoms with Gasteiger partial charge in [0.05, 0.1) is 13.7 Å². The Kier molecular flexibility index (Phi) is 3.96. The van der Waals surface area contributed by atoms with Crippen LogP contribution in [0.3, 0.4) is 0 Å². The van der Waals surface area contributed by atoms with Gasteiger partial charge in [-0.1, -0.05) is 0 Å². The molecule has 2 aromatic heterocycles. The second-order valence-corrected chi connectivity index (χ2v) is 4.90. The molecule has 3 rings (SSSR count). The fourth-order valence-electron chi connectivity index (χ4n) is 2.18. The number of ether oxygens (including phenoxy) is 2. The fourth-order valence-corrected chi connectivity index (χ4v) is 2.18. The van der Waals surface area contributed by atoms with Crippen molar-refractivity contribution in [3.8, 4) is 6.01 Å². The minimum absolute atomic E-state index is 0.0654. The number of fused-ring (bicyclic) bond motifs is 1. The van der Waals surface area contributed by atoms with E-state index in [2.05, 4.69) is 20.4 Å². The van der Waals surface area contributed by atoms with Gasteiger partial charge in [-0.25, -0.2) is 0 Å². The van der Waals surface area contributed by atoms with Gasteiger partial charge in [-0.05, 0) is 10.1 Å². The summed E-state index contributed by atoms with van der Waals surface area (Å²) in [4.78, 5) is 15.4. The summed E-state index contributed by atoms with van der Waals surface area (Å²) in [5.41, 5.74) is 0. The Morgan fingerprint density at radius 2 is 2.45 bits per heavy atom. The zero-order valence-corrected chi connectivity index (χ0v) is 12.0. The van der Waals surface area contributed by atoms with Crippen molar-refractivity contribution in [3.63, 3.8) is 0 Å². The molecule has 118 valence electrons. The average molecular weight is 309 g/mol. The molecule has 3 heterocycles. The molecule has 2 aromatic rings. The molecule has 0 aromatic carbocycles. The number of aromatic nitrogens is 6. The summed E-state index contributed by atoms with van der Waals surface area (Å²) in [6.45, 7) is 1.42. The smallest absolute Gasteiger partial charge is 0.414 e. The van der Waals surface area contributed by atoms with Crippen LogP contribution < -0.4 is 4.74 Å². The molecule has 11 heteroatoms. The zero-order chi connectivity index (χ0) is 15.5. The summed E-state index contributed by atoms with van der Waals surface area (Å²) in [6, 6.07) is 0.290. The van der Waals surface area contributed by atoms with Gasteiger partial charge in [-0.15, -0.1) is 10.2 Å². The van der Waals surface area contributed by atoms with Crippen LogP contribution in [0, 0.1) is 10.1 Å². The highest BCUT2D eigenvalue weighted by atomic mass is 16.6. The van der Waals surface area contributed by atoms with Gasteiger partial charge in [-0.3, -0.25) is 4.57 Å². The molecule has 0 fully saturated rings. The highest BCUT2D eigenvalue weighted by Gasteiger charge is 2.27. The SMILES string of the molecule is Cn1nnc(COCC[C@H]2CCn3cc([N+](=O)[O-])nc3O2)n1. The Labute approximate surface area is 125 Å². The first-order valence-corrected chi connectivity index (χ1v) is 6.80. The third-order valence-corrected chi connectivity index (χ3v) is 3.24. The predicted molar refractivity (Wildman–Crippen MR) is 71.0 cm³/mol. The maximum atomic E-state index is 10.7. The summed E-state index contributed by atoms with van der Waals surface area (Å²) in [5, 5.41) is 22.2. The first-order chi connectivity index (χ1) is 10.6. The molecule has 1 atom stereocenters. The Morgan fingerprint density at radius 3 is 3.18 bits per heavy atom. The van der Waals surface area contributed by atoms with Crippen molar-refractivity contribution < 1.29 is 14.4 Å². The van der Waals surface area contributed by atoms with Crippen LogP contribution in [0.1, 0.15) is 18.7 Å². The Balaban J connectivity index is 1.45. The van der Waals surface area contributed by atoms with E-state index in [-0.39, 0.29) is 11.9 Å². The van der Waals surface area contributed by atoms with Crippen molar-refractivity contribution in [1.29, 1.82) is 0 Å². The number of tetrazole rings is 1. The standard InChI is InChI=1S/C11H15N7O4/c1-16-14-9(13-15-16)7-21-5-3-8-2-4-17-6-10(18(19)20)12-11(17)22-8/h6,8H,2-5,7H2,1H3/t8-/m1/s1. The molecule has 0 saturated carbocycles. The van der Waals surface area contributed by atoms with Crippen LogP contribution in [0.5, 0.6) is 6.01 Å². The lowest BCUT2D eigenvalue weighted by Crippen LogP contribution is -2.27.